The second-order valence-corrected chi connectivity index (χ2v) is 6.88. The highest BCUT2D eigenvalue weighted by Gasteiger charge is 2.16. The minimum atomic E-state index is -0.401. The number of halogens is 1. The van der Waals surface area contributed by atoms with Crippen LogP contribution in [0.2, 0.25) is 0 Å². The molecule has 0 atom stereocenters. The van der Waals surface area contributed by atoms with E-state index < -0.39 is 5.54 Å². The molecular weight excluding hydrogens is 329 g/mol. The van der Waals surface area contributed by atoms with E-state index in [2.05, 4.69) is 24.2 Å². The summed E-state index contributed by atoms with van der Waals surface area (Å²) < 4.78 is 20.6. The average Bonchev–Trinajstić information content (AvgIpc) is 3.04. The zero-order valence-corrected chi connectivity index (χ0v) is 15.4. The molecule has 0 bridgehead atoms. The Morgan fingerprint density at radius 1 is 1.12 bits per heavy atom. The molecule has 1 aromatic heterocycles. The number of hydrogen-bond acceptors (Lipinski definition) is 3. The van der Waals surface area contributed by atoms with Gasteiger partial charge in [0.05, 0.1) is 5.69 Å². The molecule has 0 aliphatic carbocycles. The molecule has 1 heterocycles. The maximum atomic E-state index is 13.0. The lowest BCUT2D eigenvalue weighted by atomic mass is 9.93. The number of nitrogens with two attached hydrogens (primary N) is 1. The van der Waals surface area contributed by atoms with E-state index in [4.69, 9.17) is 10.5 Å². The van der Waals surface area contributed by atoms with Gasteiger partial charge < -0.3 is 10.5 Å². The smallest absolute Gasteiger partial charge is 0.132 e. The Balaban J connectivity index is 1.84. The molecule has 0 aliphatic rings. The Hall–Kier alpha value is -2.66. The molecule has 3 rings (SSSR count). The van der Waals surface area contributed by atoms with Gasteiger partial charge >= 0.3 is 0 Å². The van der Waals surface area contributed by atoms with Gasteiger partial charge in [0.1, 0.15) is 23.9 Å². The summed E-state index contributed by atoms with van der Waals surface area (Å²) >= 11 is 0. The fourth-order valence-electron chi connectivity index (χ4n) is 2.78. The van der Waals surface area contributed by atoms with E-state index >= 15 is 0 Å². The first-order valence-corrected chi connectivity index (χ1v) is 8.71. The highest BCUT2D eigenvalue weighted by Crippen LogP contribution is 2.26. The summed E-state index contributed by atoms with van der Waals surface area (Å²) in [6.07, 6.45) is 0. The molecule has 5 heteroatoms. The van der Waals surface area contributed by atoms with E-state index in [0.29, 0.717) is 12.4 Å². The highest BCUT2D eigenvalue weighted by molar-refractivity contribution is 5.61. The Morgan fingerprint density at radius 3 is 2.50 bits per heavy atom. The predicted octanol–water partition coefficient (Wildman–Crippen LogP) is 4.48. The van der Waals surface area contributed by atoms with Crippen molar-refractivity contribution in [2.75, 3.05) is 0 Å². The molecule has 0 aliphatic heterocycles. The highest BCUT2D eigenvalue weighted by atomic mass is 19.1. The first-order valence-electron chi connectivity index (χ1n) is 8.71. The van der Waals surface area contributed by atoms with Crippen molar-refractivity contribution < 1.29 is 9.13 Å². The van der Waals surface area contributed by atoms with Crippen LogP contribution in [0.1, 0.15) is 32.0 Å². The third kappa shape index (κ3) is 4.11. The molecule has 0 amide bonds. The number of ether oxygens (including phenoxy) is 1. The maximum Gasteiger partial charge on any atom is 0.132 e. The molecule has 136 valence electrons. The third-order valence-electron chi connectivity index (χ3n) is 4.23. The van der Waals surface area contributed by atoms with Crippen LogP contribution in [0.5, 0.6) is 5.75 Å². The number of aromatic nitrogens is 2. The molecule has 4 nitrogen and oxygen atoms in total. The summed E-state index contributed by atoms with van der Waals surface area (Å²) in [6.45, 7) is 7.12. The fourth-order valence-corrected chi connectivity index (χ4v) is 2.78. The molecule has 0 fully saturated rings. The number of hydrogen-bond donors (Lipinski definition) is 1. The van der Waals surface area contributed by atoms with Crippen LogP contribution in [-0.2, 0) is 18.7 Å². The van der Waals surface area contributed by atoms with Gasteiger partial charge in [-0.05, 0) is 62.7 Å². The van der Waals surface area contributed by atoms with Gasteiger partial charge in [0.15, 0.2) is 0 Å². The van der Waals surface area contributed by atoms with Gasteiger partial charge in [-0.2, -0.15) is 5.10 Å². The van der Waals surface area contributed by atoms with E-state index in [1.807, 2.05) is 36.7 Å². The summed E-state index contributed by atoms with van der Waals surface area (Å²) in [5.41, 5.74) is 9.82. The molecule has 2 aromatic carbocycles. The lowest BCUT2D eigenvalue weighted by molar-refractivity contribution is 0.299. The summed E-state index contributed by atoms with van der Waals surface area (Å²) in [5, 5.41) is 4.62. The average molecular weight is 353 g/mol. The topological polar surface area (TPSA) is 53.1 Å². The maximum absolute atomic E-state index is 13.0. The van der Waals surface area contributed by atoms with Crippen LogP contribution < -0.4 is 10.5 Å². The summed E-state index contributed by atoms with van der Waals surface area (Å²) in [5.74, 6) is 0.337. The number of benzene rings is 2. The number of aryl methyl sites for hydroxylation is 1. The third-order valence-corrected chi connectivity index (χ3v) is 4.23. The normalized spacial score (nSPS) is 11.6. The van der Waals surface area contributed by atoms with Gasteiger partial charge in [-0.1, -0.05) is 18.2 Å². The lowest BCUT2D eigenvalue weighted by Gasteiger charge is -2.20. The summed E-state index contributed by atoms with van der Waals surface area (Å²) in [4.78, 5) is 0. The lowest BCUT2D eigenvalue weighted by Crippen LogP contribution is -2.28. The standard InChI is InChI=1S/C21H24FN3O/c1-4-25-20(15-6-5-7-16(12-15)21(2,3)23)13-18(24-25)14-26-19-10-8-17(22)9-11-19/h5-13H,4,14,23H2,1-3H3. The predicted molar refractivity (Wildman–Crippen MR) is 101 cm³/mol. The van der Waals surface area contributed by atoms with Crippen molar-refractivity contribution in [2.45, 2.75) is 39.5 Å². The Morgan fingerprint density at radius 2 is 1.85 bits per heavy atom. The second-order valence-electron chi connectivity index (χ2n) is 6.88. The molecule has 2 N–H and O–H groups in total. The molecule has 0 saturated carbocycles. The second kappa shape index (κ2) is 7.30. The van der Waals surface area contributed by atoms with Crippen molar-refractivity contribution in [3.8, 4) is 17.0 Å². The number of nitrogens with zero attached hydrogens (tertiary/aromatic N) is 2. The summed E-state index contributed by atoms with van der Waals surface area (Å²) in [7, 11) is 0. The van der Waals surface area contributed by atoms with E-state index in [-0.39, 0.29) is 5.82 Å². The SMILES string of the molecule is CCn1nc(COc2ccc(F)cc2)cc1-c1cccc(C(C)(C)N)c1. The van der Waals surface area contributed by atoms with Crippen molar-refractivity contribution in [3.63, 3.8) is 0 Å². The Bertz CT molecular complexity index is 879. The molecule has 0 unspecified atom stereocenters. The van der Waals surface area contributed by atoms with Crippen molar-refractivity contribution in [3.05, 3.63) is 71.7 Å². The van der Waals surface area contributed by atoms with E-state index in [1.54, 1.807) is 12.1 Å². The summed E-state index contributed by atoms with van der Waals surface area (Å²) in [6, 6.07) is 16.2. The van der Waals surface area contributed by atoms with Crippen LogP contribution in [0.25, 0.3) is 11.3 Å². The minimum absolute atomic E-state index is 0.280. The van der Waals surface area contributed by atoms with Gasteiger partial charge in [-0.25, -0.2) is 4.39 Å². The van der Waals surface area contributed by atoms with Gasteiger partial charge in [0, 0.05) is 17.6 Å². The zero-order valence-electron chi connectivity index (χ0n) is 15.4. The molecule has 26 heavy (non-hydrogen) atoms. The molecular formula is C21H24FN3O. The van der Waals surface area contributed by atoms with Crippen LogP contribution in [0.3, 0.4) is 0 Å². The Labute approximate surface area is 153 Å². The molecule has 0 spiro atoms. The van der Waals surface area contributed by atoms with Crippen molar-refractivity contribution in [1.29, 1.82) is 0 Å². The van der Waals surface area contributed by atoms with Gasteiger partial charge in [-0.3, -0.25) is 4.68 Å². The van der Waals surface area contributed by atoms with Crippen molar-refractivity contribution in [2.24, 2.45) is 5.73 Å². The van der Waals surface area contributed by atoms with Crippen molar-refractivity contribution in [1.82, 2.24) is 9.78 Å². The minimum Gasteiger partial charge on any atom is -0.487 e. The molecule has 3 aromatic rings. The fraction of sp³-hybridized carbons (Fsp3) is 0.286. The van der Waals surface area contributed by atoms with Crippen LogP contribution in [0.4, 0.5) is 4.39 Å². The largest absolute Gasteiger partial charge is 0.487 e. The van der Waals surface area contributed by atoms with E-state index in [0.717, 1.165) is 29.1 Å². The van der Waals surface area contributed by atoms with Crippen LogP contribution in [0.15, 0.2) is 54.6 Å². The Kier molecular flexibility index (Phi) is 5.09. The van der Waals surface area contributed by atoms with Gasteiger partial charge in [0.2, 0.25) is 0 Å². The van der Waals surface area contributed by atoms with E-state index in [9.17, 15) is 4.39 Å². The first-order chi connectivity index (χ1) is 12.4. The van der Waals surface area contributed by atoms with Gasteiger partial charge in [-0.15, -0.1) is 0 Å². The van der Waals surface area contributed by atoms with E-state index in [1.165, 1.54) is 12.1 Å². The monoisotopic (exact) mass is 353 g/mol. The molecule has 0 saturated heterocycles. The van der Waals surface area contributed by atoms with Gasteiger partial charge in [0.25, 0.3) is 0 Å². The zero-order chi connectivity index (χ0) is 18.7. The van der Waals surface area contributed by atoms with Crippen LogP contribution in [0, 0.1) is 5.82 Å². The van der Waals surface area contributed by atoms with Crippen molar-refractivity contribution >= 4 is 0 Å². The first kappa shape index (κ1) is 18.1. The van der Waals surface area contributed by atoms with Crippen LogP contribution >= 0.6 is 0 Å². The number of rotatable bonds is 6. The van der Waals surface area contributed by atoms with Crippen LogP contribution in [-0.4, -0.2) is 9.78 Å². The molecule has 0 radical (unpaired) electrons. The quantitative estimate of drug-likeness (QED) is 0.711.